The van der Waals surface area contributed by atoms with Crippen molar-refractivity contribution in [2.24, 2.45) is 0 Å². The largest absolute Gasteiger partial charge is 0.313 e. The van der Waals surface area contributed by atoms with Gasteiger partial charge >= 0.3 is 0 Å². The molecule has 0 bridgehead atoms. The van der Waals surface area contributed by atoms with E-state index in [1.807, 2.05) is 18.9 Å². The van der Waals surface area contributed by atoms with Gasteiger partial charge in [0.05, 0.1) is 0 Å². The van der Waals surface area contributed by atoms with Crippen molar-refractivity contribution in [2.75, 3.05) is 26.2 Å². The highest BCUT2D eigenvalue weighted by Crippen LogP contribution is 2.06. The number of hydrogen-bond donors (Lipinski definition) is 1. The Hall–Kier alpha value is -0.870. The van der Waals surface area contributed by atoms with E-state index in [9.17, 15) is 4.79 Å². The zero-order chi connectivity index (χ0) is 13.3. The summed E-state index contributed by atoms with van der Waals surface area (Å²) in [7, 11) is 0. The number of carbonyl (C=O) groups excluding carboxylic acids is 1. The van der Waals surface area contributed by atoms with Crippen molar-refractivity contribution in [3.05, 3.63) is 12.7 Å². The van der Waals surface area contributed by atoms with Gasteiger partial charge in [-0.05, 0) is 13.8 Å². The van der Waals surface area contributed by atoms with Crippen molar-refractivity contribution in [3.63, 3.8) is 0 Å². The summed E-state index contributed by atoms with van der Waals surface area (Å²) in [5.74, 6) is 0.181. The Labute approximate surface area is 106 Å². The van der Waals surface area contributed by atoms with Crippen LogP contribution in [-0.2, 0) is 4.79 Å². The minimum Gasteiger partial charge on any atom is -0.313 e. The highest BCUT2D eigenvalue weighted by atomic mass is 16.2. The molecule has 0 radical (unpaired) electrons. The lowest BCUT2D eigenvalue weighted by Crippen LogP contribution is -2.50. The predicted molar refractivity (Wildman–Crippen MR) is 72.6 cm³/mol. The highest BCUT2D eigenvalue weighted by Gasteiger charge is 2.21. The maximum atomic E-state index is 12.1. The highest BCUT2D eigenvalue weighted by molar-refractivity contribution is 5.76. The van der Waals surface area contributed by atoms with Gasteiger partial charge in [-0.15, -0.1) is 6.58 Å². The fourth-order valence-corrected chi connectivity index (χ4v) is 1.81. The number of nitrogens with zero attached hydrogens (tertiary/aromatic N) is 2. The van der Waals surface area contributed by atoms with E-state index in [-0.39, 0.29) is 11.9 Å². The molecule has 17 heavy (non-hydrogen) atoms. The van der Waals surface area contributed by atoms with Gasteiger partial charge in [0.25, 0.3) is 0 Å². The number of carbonyl (C=O) groups is 1. The second-order valence-corrected chi connectivity index (χ2v) is 4.21. The molecule has 4 nitrogen and oxygen atoms in total. The summed E-state index contributed by atoms with van der Waals surface area (Å²) in [6.45, 7) is 15.0. The SMILES string of the molecule is C=CCNCCC(=O)N(C(C)C)N(CC)CC. The minimum absolute atomic E-state index is 0.181. The second kappa shape index (κ2) is 9.19. The van der Waals surface area contributed by atoms with Gasteiger partial charge < -0.3 is 5.32 Å². The van der Waals surface area contributed by atoms with E-state index in [4.69, 9.17) is 0 Å². The molecule has 0 aliphatic heterocycles. The standard InChI is InChI=1S/C13H27N3O/c1-6-10-14-11-9-13(17)16(12(4)5)15(7-2)8-3/h6,12,14H,1,7-11H2,2-5H3. The molecule has 0 aliphatic rings. The Morgan fingerprint density at radius 3 is 2.35 bits per heavy atom. The molecule has 1 N–H and O–H groups in total. The van der Waals surface area contributed by atoms with Crippen LogP contribution in [0.5, 0.6) is 0 Å². The van der Waals surface area contributed by atoms with Crippen LogP contribution in [0.1, 0.15) is 34.1 Å². The van der Waals surface area contributed by atoms with Crippen LogP contribution in [0.25, 0.3) is 0 Å². The Morgan fingerprint density at radius 1 is 1.35 bits per heavy atom. The van der Waals surface area contributed by atoms with Gasteiger partial charge in [-0.25, -0.2) is 5.01 Å². The fourth-order valence-electron chi connectivity index (χ4n) is 1.81. The van der Waals surface area contributed by atoms with E-state index in [2.05, 4.69) is 30.8 Å². The van der Waals surface area contributed by atoms with Crippen LogP contribution in [0.15, 0.2) is 12.7 Å². The van der Waals surface area contributed by atoms with Crippen molar-refractivity contribution in [1.82, 2.24) is 15.3 Å². The number of rotatable bonds is 9. The van der Waals surface area contributed by atoms with Crippen molar-refractivity contribution in [3.8, 4) is 0 Å². The molecule has 0 fully saturated rings. The summed E-state index contributed by atoms with van der Waals surface area (Å²) in [6, 6.07) is 0.210. The Balaban J connectivity index is 4.29. The molecule has 1 amide bonds. The lowest BCUT2D eigenvalue weighted by molar-refractivity contribution is -0.153. The average molecular weight is 241 g/mol. The quantitative estimate of drug-likeness (QED) is 0.379. The molecule has 100 valence electrons. The van der Waals surface area contributed by atoms with E-state index in [0.717, 1.165) is 19.6 Å². The number of hydrazine groups is 1. The second-order valence-electron chi connectivity index (χ2n) is 4.21. The van der Waals surface area contributed by atoms with E-state index in [0.29, 0.717) is 13.0 Å². The first-order valence-electron chi connectivity index (χ1n) is 6.46. The van der Waals surface area contributed by atoms with Gasteiger partial charge in [-0.3, -0.25) is 9.80 Å². The van der Waals surface area contributed by atoms with Crippen LogP contribution in [0, 0.1) is 0 Å². The van der Waals surface area contributed by atoms with E-state index in [1.165, 1.54) is 0 Å². The van der Waals surface area contributed by atoms with E-state index < -0.39 is 0 Å². The number of amides is 1. The first kappa shape index (κ1) is 16.1. The van der Waals surface area contributed by atoms with Crippen molar-refractivity contribution < 1.29 is 4.79 Å². The monoisotopic (exact) mass is 241 g/mol. The van der Waals surface area contributed by atoms with Crippen molar-refractivity contribution in [1.29, 1.82) is 0 Å². The summed E-state index contributed by atoms with van der Waals surface area (Å²) >= 11 is 0. The summed E-state index contributed by atoms with van der Waals surface area (Å²) in [5, 5.41) is 7.11. The topological polar surface area (TPSA) is 35.6 Å². The zero-order valence-corrected chi connectivity index (χ0v) is 11.7. The Bertz CT molecular complexity index is 225. The maximum absolute atomic E-state index is 12.1. The average Bonchev–Trinajstić information content (AvgIpc) is 2.30. The molecule has 0 aromatic heterocycles. The molecule has 0 rings (SSSR count). The molecule has 0 saturated carbocycles. The number of hydrogen-bond acceptors (Lipinski definition) is 3. The summed E-state index contributed by atoms with van der Waals surface area (Å²) in [6.07, 6.45) is 2.33. The Kier molecular flexibility index (Phi) is 8.72. The molecular formula is C13H27N3O. The molecule has 4 heteroatoms. The van der Waals surface area contributed by atoms with Gasteiger partial charge in [0, 0.05) is 38.6 Å². The van der Waals surface area contributed by atoms with Crippen molar-refractivity contribution >= 4 is 5.91 Å². The van der Waals surface area contributed by atoms with Gasteiger partial charge in [0.1, 0.15) is 0 Å². The molecule has 0 spiro atoms. The zero-order valence-electron chi connectivity index (χ0n) is 11.7. The first-order valence-corrected chi connectivity index (χ1v) is 6.46. The van der Waals surface area contributed by atoms with E-state index in [1.54, 1.807) is 6.08 Å². The fraction of sp³-hybridized carbons (Fsp3) is 0.769. The normalized spacial score (nSPS) is 10.9. The van der Waals surface area contributed by atoms with Crippen LogP contribution < -0.4 is 5.32 Å². The summed E-state index contributed by atoms with van der Waals surface area (Å²) in [5.41, 5.74) is 0. The maximum Gasteiger partial charge on any atom is 0.238 e. The summed E-state index contributed by atoms with van der Waals surface area (Å²) < 4.78 is 0. The lowest BCUT2D eigenvalue weighted by atomic mass is 10.3. The molecular weight excluding hydrogens is 214 g/mol. The first-order chi connectivity index (χ1) is 8.08. The third kappa shape index (κ3) is 5.84. The van der Waals surface area contributed by atoms with Crippen LogP contribution in [0.4, 0.5) is 0 Å². The van der Waals surface area contributed by atoms with Crippen LogP contribution in [0.2, 0.25) is 0 Å². The van der Waals surface area contributed by atoms with Gasteiger partial charge in [0.2, 0.25) is 5.91 Å². The molecule has 0 atom stereocenters. The third-order valence-electron chi connectivity index (χ3n) is 2.58. The van der Waals surface area contributed by atoms with Crippen molar-refractivity contribution in [2.45, 2.75) is 40.2 Å². The van der Waals surface area contributed by atoms with Crippen LogP contribution in [-0.4, -0.2) is 48.1 Å². The molecule has 0 heterocycles. The van der Waals surface area contributed by atoms with Gasteiger partial charge in [-0.1, -0.05) is 19.9 Å². The van der Waals surface area contributed by atoms with Gasteiger partial charge in [0.15, 0.2) is 0 Å². The summed E-state index contributed by atoms with van der Waals surface area (Å²) in [4.78, 5) is 12.1. The predicted octanol–water partition coefficient (Wildman–Crippen LogP) is 1.65. The lowest BCUT2D eigenvalue weighted by Gasteiger charge is -2.36. The molecule has 0 saturated heterocycles. The molecule has 0 aromatic carbocycles. The number of nitrogens with one attached hydrogen (secondary N) is 1. The smallest absolute Gasteiger partial charge is 0.238 e. The van der Waals surface area contributed by atoms with Gasteiger partial charge in [-0.2, -0.15) is 0 Å². The third-order valence-corrected chi connectivity index (χ3v) is 2.58. The van der Waals surface area contributed by atoms with Crippen LogP contribution in [0.3, 0.4) is 0 Å². The minimum atomic E-state index is 0.181. The van der Waals surface area contributed by atoms with Crippen LogP contribution >= 0.6 is 0 Å². The van der Waals surface area contributed by atoms with E-state index >= 15 is 0 Å². The molecule has 0 unspecified atom stereocenters. The Morgan fingerprint density at radius 2 is 1.94 bits per heavy atom. The molecule has 0 aliphatic carbocycles. The molecule has 0 aromatic rings.